The summed E-state index contributed by atoms with van der Waals surface area (Å²) in [6.07, 6.45) is 1.10. The largest absolute Gasteiger partial charge is 0.314 e. The van der Waals surface area contributed by atoms with E-state index in [4.69, 9.17) is 11.6 Å². The van der Waals surface area contributed by atoms with Crippen molar-refractivity contribution in [3.05, 3.63) is 34.9 Å². The summed E-state index contributed by atoms with van der Waals surface area (Å²) in [6, 6.07) is 8.70. The second kappa shape index (κ2) is 6.14. The molecule has 0 saturated heterocycles. The fourth-order valence-corrected chi connectivity index (χ4v) is 1.82. The highest BCUT2D eigenvalue weighted by molar-refractivity contribution is 6.30. The van der Waals surface area contributed by atoms with Crippen LogP contribution >= 0.6 is 11.6 Å². The minimum Gasteiger partial charge on any atom is -0.314 e. The Morgan fingerprint density at radius 1 is 1.20 bits per heavy atom. The van der Waals surface area contributed by atoms with E-state index in [1.54, 1.807) is 0 Å². The summed E-state index contributed by atoms with van der Waals surface area (Å²) in [7, 11) is 0. The number of nitrogens with one attached hydrogen (secondary N) is 1. The fourth-order valence-electron chi connectivity index (χ4n) is 1.69. The summed E-state index contributed by atoms with van der Waals surface area (Å²) in [5.74, 6) is 0.645. The molecule has 0 amide bonds. The van der Waals surface area contributed by atoms with E-state index in [2.05, 4.69) is 38.2 Å². The van der Waals surface area contributed by atoms with Gasteiger partial charge in [0, 0.05) is 11.1 Å². The van der Waals surface area contributed by atoms with Crippen molar-refractivity contribution in [3.63, 3.8) is 0 Å². The van der Waals surface area contributed by atoms with Crippen molar-refractivity contribution >= 4 is 11.6 Å². The summed E-state index contributed by atoms with van der Waals surface area (Å²) < 4.78 is 0. The van der Waals surface area contributed by atoms with E-state index >= 15 is 0 Å². The third kappa shape index (κ3) is 4.23. The molecule has 0 bridgehead atoms. The lowest BCUT2D eigenvalue weighted by atomic mass is 9.95. The number of benzene rings is 1. The maximum atomic E-state index is 5.85. The van der Waals surface area contributed by atoms with Gasteiger partial charge in [-0.15, -0.1) is 0 Å². The second-order valence-corrected chi connectivity index (χ2v) is 4.59. The van der Waals surface area contributed by atoms with E-state index < -0.39 is 0 Å². The van der Waals surface area contributed by atoms with Crippen molar-refractivity contribution in [1.29, 1.82) is 0 Å². The number of hydrogen-bond donors (Lipinski definition) is 1. The third-order valence-electron chi connectivity index (χ3n) is 2.85. The van der Waals surface area contributed by atoms with E-state index in [0.717, 1.165) is 18.0 Å². The third-order valence-corrected chi connectivity index (χ3v) is 3.10. The zero-order chi connectivity index (χ0) is 11.3. The van der Waals surface area contributed by atoms with E-state index in [-0.39, 0.29) is 0 Å². The van der Waals surface area contributed by atoms with Crippen LogP contribution in [-0.2, 0) is 6.42 Å². The molecule has 1 aromatic carbocycles. The van der Waals surface area contributed by atoms with Gasteiger partial charge in [-0.3, -0.25) is 0 Å². The first-order chi connectivity index (χ1) is 7.13. The van der Waals surface area contributed by atoms with Crippen molar-refractivity contribution in [3.8, 4) is 0 Å². The lowest BCUT2D eigenvalue weighted by Crippen LogP contribution is -2.32. The molecule has 0 aliphatic heterocycles. The minimum absolute atomic E-state index is 0.561. The van der Waals surface area contributed by atoms with Crippen molar-refractivity contribution in [1.82, 2.24) is 5.32 Å². The molecule has 0 saturated carbocycles. The molecule has 2 heteroatoms. The molecule has 84 valence electrons. The Kier molecular flexibility index (Phi) is 5.13. The Morgan fingerprint density at radius 3 is 2.33 bits per heavy atom. The van der Waals surface area contributed by atoms with Gasteiger partial charge >= 0.3 is 0 Å². The highest BCUT2D eigenvalue weighted by Gasteiger charge is 2.11. The molecule has 0 fully saturated rings. The summed E-state index contributed by atoms with van der Waals surface area (Å²) in [5, 5.41) is 4.26. The van der Waals surface area contributed by atoms with E-state index in [1.807, 2.05) is 12.1 Å². The van der Waals surface area contributed by atoms with Crippen molar-refractivity contribution in [2.24, 2.45) is 5.92 Å². The molecule has 0 radical (unpaired) electrons. The van der Waals surface area contributed by atoms with Crippen LogP contribution in [0.2, 0.25) is 5.02 Å². The predicted molar refractivity (Wildman–Crippen MR) is 67.5 cm³/mol. The van der Waals surface area contributed by atoms with E-state index in [1.165, 1.54) is 5.56 Å². The monoisotopic (exact) mass is 225 g/mol. The smallest absolute Gasteiger partial charge is 0.0406 e. The number of halogens is 1. The molecule has 1 N–H and O–H groups in total. The standard InChI is InChI=1S/C13H20ClN/c1-4-15-11(3)10(2)9-12-5-7-13(14)8-6-12/h5-8,10-11,15H,4,9H2,1-3H3. The van der Waals surface area contributed by atoms with Gasteiger partial charge in [0.2, 0.25) is 0 Å². The molecule has 0 aliphatic rings. The van der Waals surface area contributed by atoms with Crippen molar-refractivity contribution < 1.29 is 0 Å². The first-order valence-electron chi connectivity index (χ1n) is 5.61. The van der Waals surface area contributed by atoms with Gasteiger partial charge in [0.05, 0.1) is 0 Å². The molecule has 2 unspecified atom stereocenters. The zero-order valence-electron chi connectivity index (χ0n) is 9.76. The highest BCUT2D eigenvalue weighted by atomic mass is 35.5. The molecular formula is C13H20ClN. The van der Waals surface area contributed by atoms with Gasteiger partial charge < -0.3 is 5.32 Å². The van der Waals surface area contributed by atoms with Crippen LogP contribution in [-0.4, -0.2) is 12.6 Å². The predicted octanol–water partition coefficient (Wildman–Crippen LogP) is 3.52. The fraction of sp³-hybridized carbons (Fsp3) is 0.538. The van der Waals surface area contributed by atoms with Crippen molar-refractivity contribution in [2.45, 2.75) is 33.2 Å². The van der Waals surface area contributed by atoms with E-state index in [9.17, 15) is 0 Å². The minimum atomic E-state index is 0.561. The van der Waals surface area contributed by atoms with Crippen LogP contribution in [0, 0.1) is 5.92 Å². The molecule has 15 heavy (non-hydrogen) atoms. The lowest BCUT2D eigenvalue weighted by molar-refractivity contribution is 0.406. The lowest BCUT2D eigenvalue weighted by Gasteiger charge is -2.20. The van der Waals surface area contributed by atoms with E-state index in [0.29, 0.717) is 12.0 Å². The highest BCUT2D eigenvalue weighted by Crippen LogP contribution is 2.15. The molecular weight excluding hydrogens is 206 g/mol. The van der Waals surface area contributed by atoms with Gasteiger partial charge in [0.1, 0.15) is 0 Å². The first kappa shape index (κ1) is 12.5. The van der Waals surface area contributed by atoms with Crippen LogP contribution < -0.4 is 5.32 Å². The Labute approximate surface area is 97.8 Å². The maximum Gasteiger partial charge on any atom is 0.0406 e. The Morgan fingerprint density at radius 2 is 1.80 bits per heavy atom. The molecule has 0 aromatic heterocycles. The average molecular weight is 226 g/mol. The van der Waals surface area contributed by atoms with Crippen molar-refractivity contribution in [2.75, 3.05) is 6.54 Å². The molecule has 0 aliphatic carbocycles. The molecule has 1 rings (SSSR count). The van der Waals surface area contributed by atoms with Crippen LogP contribution in [0.25, 0.3) is 0 Å². The van der Waals surface area contributed by atoms with Gasteiger partial charge in [0.15, 0.2) is 0 Å². The van der Waals surface area contributed by atoms with Gasteiger partial charge in [-0.05, 0) is 43.5 Å². The zero-order valence-corrected chi connectivity index (χ0v) is 10.5. The summed E-state index contributed by atoms with van der Waals surface area (Å²) >= 11 is 5.85. The molecule has 1 aromatic rings. The molecule has 1 nitrogen and oxygen atoms in total. The summed E-state index contributed by atoms with van der Waals surface area (Å²) in [6.45, 7) is 7.70. The Balaban J connectivity index is 2.50. The SMILES string of the molecule is CCNC(C)C(C)Cc1ccc(Cl)cc1. The first-order valence-corrected chi connectivity index (χ1v) is 5.99. The van der Waals surface area contributed by atoms with Gasteiger partial charge in [-0.2, -0.15) is 0 Å². The molecule has 0 heterocycles. The Bertz CT molecular complexity index is 281. The maximum absolute atomic E-state index is 5.85. The van der Waals surface area contributed by atoms with Crippen LogP contribution in [0.5, 0.6) is 0 Å². The molecule has 2 atom stereocenters. The number of rotatable bonds is 5. The Hall–Kier alpha value is -0.530. The second-order valence-electron chi connectivity index (χ2n) is 4.15. The van der Waals surface area contributed by atoms with Gasteiger partial charge in [-0.1, -0.05) is 37.6 Å². The molecule has 0 spiro atoms. The summed E-state index contributed by atoms with van der Waals surface area (Å²) in [5.41, 5.74) is 1.36. The topological polar surface area (TPSA) is 12.0 Å². The van der Waals surface area contributed by atoms with Crippen LogP contribution in [0.3, 0.4) is 0 Å². The van der Waals surface area contributed by atoms with Gasteiger partial charge in [-0.25, -0.2) is 0 Å². The van der Waals surface area contributed by atoms with Crippen LogP contribution in [0.1, 0.15) is 26.3 Å². The van der Waals surface area contributed by atoms with Crippen LogP contribution in [0.15, 0.2) is 24.3 Å². The summed E-state index contributed by atoms with van der Waals surface area (Å²) in [4.78, 5) is 0. The van der Waals surface area contributed by atoms with Crippen LogP contribution in [0.4, 0.5) is 0 Å². The average Bonchev–Trinajstić information content (AvgIpc) is 2.22. The quantitative estimate of drug-likeness (QED) is 0.809. The van der Waals surface area contributed by atoms with Gasteiger partial charge in [0.25, 0.3) is 0 Å². The normalized spacial score (nSPS) is 14.9. The number of hydrogen-bond acceptors (Lipinski definition) is 1.